The maximum atomic E-state index is 12.5. The largest absolute Gasteiger partial charge is 0.342 e. The van der Waals surface area contributed by atoms with E-state index in [0.717, 1.165) is 32.6 Å². The number of rotatable bonds is 4. The number of nitrogens with zero attached hydrogens (tertiary/aromatic N) is 1. The molecule has 4 heteroatoms. The van der Waals surface area contributed by atoms with Crippen LogP contribution >= 0.6 is 11.8 Å². The minimum atomic E-state index is 0.246. The molecule has 2 aliphatic heterocycles. The standard InChI is InChI=1S/C14H26N2OS/c1-2-16(11-12-6-5-8-15-10-12)14(17)13-7-3-4-9-18-13/h12-13,15H,2-11H2,1H3. The lowest BCUT2D eigenvalue weighted by Crippen LogP contribution is -2.44. The number of carbonyl (C=O) groups is 1. The van der Waals surface area contributed by atoms with E-state index in [4.69, 9.17) is 0 Å². The van der Waals surface area contributed by atoms with E-state index in [0.29, 0.717) is 11.8 Å². The van der Waals surface area contributed by atoms with E-state index in [1.54, 1.807) is 0 Å². The quantitative estimate of drug-likeness (QED) is 0.849. The lowest BCUT2D eigenvalue weighted by molar-refractivity contribution is -0.131. The molecule has 2 unspecified atom stereocenters. The highest BCUT2D eigenvalue weighted by atomic mass is 32.2. The van der Waals surface area contributed by atoms with Gasteiger partial charge in [-0.3, -0.25) is 4.79 Å². The second-order valence-corrected chi connectivity index (χ2v) is 6.76. The highest BCUT2D eigenvalue weighted by Crippen LogP contribution is 2.27. The molecule has 3 nitrogen and oxygen atoms in total. The monoisotopic (exact) mass is 270 g/mol. The topological polar surface area (TPSA) is 32.3 Å². The van der Waals surface area contributed by atoms with Crippen molar-refractivity contribution >= 4 is 17.7 Å². The van der Waals surface area contributed by atoms with Crippen LogP contribution in [0.2, 0.25) is 0 Å². The Morgan fingerprint density at radius 3 is 2.83 bits per heavy atom. The third-order valence-electron chi connectivity index (χ3n) is 4.03. The molecule has 2 atom stereocenters. The molecule has 2 rings (SSSR count). The second-order valence-electron chi connectivity index (χ2n) is 5.44. The summed E-state index contributed by atoms with van der Waals surface area (Å²) < 4.78 is 0. The smallest absolute Gasteiger partial charge is 0.235 e. The summed E-state index contributed by atoms with van der Waals surface area (Å²) in [4.78, 5) is 14.6. The number of hydrogen-bond donors (Lipinski definition) is 1. The molecule has 1 N–H and O–H groups in total. The average Bonchev–Trinajstić information content (AvgIpc) is 2.46. The van der Waals surface area contributed by atoms with Crippen molar-refractivity contribution in [2.75, 3.05) is 31.9 Å². The van der Waals surface area contributed by atoms with Gasteiger partial charge >= 0.3 is 0 Å². The van der Waals surface area contributed by atoms with Crippen molar-refractivity contribution in [3.8, 4) is 0 Å². The van der Waals surface area contributed by atoms with E-state index in [1.165, 1.54) is 31.4 Å². The number of hydrogen-bond acceptors (Lipinski definition) is 3. The first-order chi connectivity index (χ1) is 8.81. The second kappa shape index (κ2) is 7.39. The first kappa shape index (κ1) is 14.2. The summed E-state index contributed by atoms with van der Waals surface area (Å²) >= 11 is 1.87. The fourth-order valence-corrected chi connectivity index (χ4v) is 4.19. The van der Waals surface area contributed by atoms with Gasteiger partial charge in [0.15, 0.2) is 0 Å². The Morgan fingerprint density at radius 1 is 1.33 bits per heavy atom. The highest BCUT2D eigenvalue weighted by molar-refractivity contribution is 8.00. The summed E-state index contributed by atoms with van der Waals surface area (Å²) in [6.45, 7) is 6.17. The first-order valence-electron chi connectivity index (χ1n) is 7.42. The van der Waals surface area contributed by atoms with Crippen LogP contribution in [0.3, 0.4) is 0 Å². The molecule has 0 aliphatic carbocycles. The van der Waals surface area contributed by atoms with Gasteiger partial charge in [-0.2, -0.15) is 0 Å². The Kier molecular flexibility index (Phi) is 5.83. The van der Waals surface area contributed by atoms with Crippen molar-refractivity contribution in [2.45, 2.75) is 44.3 Å². The molecular formula is C14H26N2OS. The van der Waals surface area contributed by atoms with Crippen molar-refractivity contribution in [2.24, 2.45) is 5.92 Å². The molecule has 0 aromatic carbocycles. The van der Waals surface area contributed by atoms with Crippen LogP contribution < -0.4 is 5.32 Å². The summed E-state index contributed by atoms with van der Waals surface area (Å²) in [5, 5.41) is 3.69. The summed E-state index contributed by atoms with van der Waals surface area (Å²) in [5.41, 5.74) is 0. The van der Waals surface area contributed by atoms with Gasteiger partial charge in [-0.25, -0.2) is 0 Å². The van der Waals surface area contributed by atoms with E-state index in [1.807, 2.05) is 11.8 Å². The molecule has 104 valence electrons. The van der Waals surface area contributed by atoms with Crippen LogP contribution in [0.15, 0.2) is 0 Å². The van der Waals surface area contributed by atoms with Gasteiger partial charge in [0.1, 0.15) is 0 Å². The van der Waals surface area contributed by atoms with Gasteiger partial charge in [0.2, 0.25) is 5.91 Å². The zero-order valence-corrected chi connectivity index (χ0v) is 12.3. The molecule has 0 aromatic rings. The van der Waals surface area contributed by atoms with Gasteiger partial charge in [0, 0.05) is 13.1 Å². The van der Waals surface area contributed by atoms with E-state index < -0.39 is 0 Å². The van der Waals surface area contributed by atoms with Crippen LogP contribution in [0.4, 0.5) is 0 Å². The molecular weight excluding hydrogens is 244 g/mol. The van der Waals surface area contributed by atoms with Crippen LogP contribution in [-0.4, -0.2) is 48.0 Å². The molecule has 0 aromatic heterocycles. The number of thioether (sulfide) groups is 1. The average molecular weight is 270 g/mol. The van der Waals surface area contributed by atoms with Gasteiger partial charge in [-0.15, -0.1) is 11.8 Å². The van der Waals surface area contributed by atoms with Crippen molar-refractivity contribution in [3.63, 3.8) is 0 Å². The predicted molar refractivity (Wildman–Crippen MR) is 77.9 cm³/mol. The molecule has 2 heterocycles. The lowest BCUT2D eigenvalue weighted by atomic mass is 9.99. The van der Waals surface area contributed by atoms with Crippen LogP contribution in [-0.2, 0) is 4.79 Å². The van der Waals surface area contributed by atoms with Gasteiger partial charge < -0.3 is 10.2 Å². The zero-order valence-electron chi connectivity index (χ0n) is 11.5. The van der Waals surface area contributed by atoms with Gasteiger partial charge in [-0.05, 0) is 57.4 Å². The van der Waals surface area contributed by atoms with Crippen LogP contribution in [0.25, 0.3) is 0 Å². The minimum absolute atomic E-state index is 0.246. The third kappa shape index (κ3) is 3.89. The molecule has 18 heavy (non-hydrogen) atoms. The van der Waals surface area contributed by atoms with E-state index >= 15 is 0 Å². The van der Waals surface area contributed by atoms with Gasteiger partial charge in [0.05, 0.1) is 5.25 Å². The molecule has 2 saturated heterocycles. The lowest BCUT2D eigenvalue weighted by Gasteiger charge is -2.32. The van der Waals surface area contributed by atoms with Crippen molar-refractivity contribution in [1.29, 1.82) is 0 Å². The zero-order chi connectivity index (χ0) is 12.8. The van der Waals surface area contributed by atoms with Crippen LogP contribution in [0.5, 0.6) is 0 Å². The van der Waals surface area contributed by atoms with E-state index in [9.17, 15) is 4.79 Å². The fraction of sp³-hybridized carbons (Fsp3) is 0.929. The van der Waals surface area contributed by atoms with Gasteiger partial charge in [0.25, 0.3) is 0 Å². The molecule has 2 fully saturated rings. The van der Waals surface area contributed by atoms with Crippen molar-refractivity contribution in [1.82, 2.24) is 10.2 Å². The maximum absolute atomic E-state index is 12.5. The normalized spacial score (nSPS) is 28.9. The number of piperidine rings is 1. The first-order valence-corrected chi connectivity index (χ1v) is 8.47. The third-order valence-corrected chi connectivity index (χ3v) is 5.39. The molecule has 2 aliphatic rings. The maximum Gasteiger partial charge on any atom is 0.235 e. The number of nitrogens with one attached hydrogen (secondary N) is 1. The molecule has 0 saturated carbocycles. The van der Waals surface area contributed by atoms with E-state index in [2.05, 4.69) is 17.1 Å². The van der Waals surface area contributed by atoms with Crippen molar-refractivity contribution < 1.29 is 4.79 Å². The van der Waals surface area contributed by atoms with E-state index in [-0.39, 0.29) is 5.25 Å². The summed E-state index contributed by atoms with van der Waals surface area (Å²) in [5.74, 6) is 2.22. The van der Waals surface area contributed by atoms with Gasteiger partial charge in [-0.1, -0.05) is 6.42 Å². The molecule has 0 radical (unpaired) electrons. The summed E-state index contributed by atoms with van der Waals surface area (Å²) in [6, 6.07) is 0. The fourth-order valence-electron chi connectivity index (χ4n) is 2.91. The number of amides is 1. The number of carbonyl (C=O) groups excluding carboxylic acids is 1. The SMILES string of the molecule is CCN(CC1CCCNC1)C(=O)C1CCCCS1. The van der Waals surface area contributed by atoms with Crippen molar-refractivity contribution in [3.05, 3.63) is 0 Å². The Labute approximate surface area is 115 Å². The molecule has 0 bridgehead atoms. The molecule has 1 amide bonds. The Bertz CT molecular complexity index is 261. The Morgan fingerprint density at radius 2 is 2.22 bits per heavy atom. The van der Waals surface area contributed by atoms with Crippen LogP contribution in [0, 0.1) is 5.92 Å². The minimum Gasteiger partial charge on any atom is -0.342 e. The van der Waals surface area contributed by atoms with Crippen LogP contribution in [0.1, 0.15) is 39.0 Å². The summed E-state index contributed by atoms with van der Waals surface area (Å²) in [7, 11) is 0. The Balaban J connectivity index is 1.84. The summed E-state index contributed by atoms with van der Waals surface area (Å²) in [6.07, 6.45) is 6.13. The molecule has 0 spiro atoms. The highest BCUT2D eigenvalue weighted by Gasteiger charge is 2.27. The Hall–Kier alpha value is -0.220. The predicted octanol–water partition coefficient (Wildman–Crippen LogP) is 2.12.